The summed E-state index contributed by atoms with van der Waals surface area (Å²) in [5.74, 6) is 0.319. The normalized spacial score (nSPS) is 15.5. The van der Waals surface area contributed by atoms with Crippen LogP contribution >= 0.6 is 0 Å². The molecular weight excluding hydrogens is 147 g/mol. The van der Waals surface area contributed by atoms with Gasteiger partial charge in [-0.05, 0) is 26.3 Å². The van der Waals surface area contributed by atoms with Crippen molar-refractivity contribution < 1.29 is 14.2 Å². The third-order valence-corrected chi connectivity index (χ3v) is 1.42. The molecule has 11 heavy (non-hydrogen) atoms. The molecule has 0 aromatic heterocycles. The van der Waals surface area contributed by atoms with E-state index >= 15 is 0 Å². The number of allylic oxidation sites excluding steroid dienone is 1. The van der Waals surface area contributed by atoms with E-state index in [2.05, 4.69) is 0 Å². The lowest BCUT2D eigenvalue weighted by Gasteiger charge is -2.16. The van der Waals surface area contributed by atoms with Crippen LogP contribution in [0.2, 0.25) is 0 Å². The Balaban J connectivity index is 4.40. The van der Waals surface area contributed by atoms with Crippen LogP contribution in [0.4, 0.5) is 4.39 Å². The zero-order chi connectivity index (χ0) is 9.02. The second-order valence-electron chi connectivity index (χ2n) is 2.69. The van der Waals surface area contributed by atoms with Crippen LogP contribution in [0, 0.1) is 0 Å². The first kappa shape index (κ1) is 10.4. The molecule has 0 spiro atoms. The average Bonchev–Trinajstić information content (AvgIpc) is 1.88. The quantitative estimate of drug-likeness (QED) is 0.639. The van der Waals surface area contributed by atoms with Gasteiger partial charge in [-0.3, -0.25) is 0 Å². The summed E-state index contributed by atoms with van der Waals surface area (Å²) in [6.07, 6.45) is -2.43. The largest absolute Gasteiger partial charge is 0.498 e. The lowest BCUT2D eigenvalue weighted by Crippen LogP contribution is -2.23. The SMILES string of the molecule is COC(=C(C)C)C(O)C(C)F. The highest BCUT2D eigenvalue weighted by Gasteiger charge is 2.19. The highest BCUT2D eigenvalue weighted by Crippen LogP contribution is 2.14. The molecule has 0 aliphatic rings. The molecule has 1 N–H and O–H groups in total. The zero-order valence-corrected chi connectivity index (χ0v) is 7.39. The van der Waals surface area contributed by atoms with Gasteiger partial charge in [0.15, 0.2) is 0 Å². The number of halogens is 1. The van der Waals surface area contributed by atoms with E-state index in [0.29, 0.717) is 5.76 Å². The highest BCUT2D eigenvalue weighted by atomic mass is 19.1. The fourth-order valence-electron chi connectivity index (χ4n) is 0.829. The van der Waals surface area contributed by atoms with E-state index in [1.807, 2.05) is 0 Å². The van der Waals surface area contributed by atoms with Gasteiger partial charge < -0.3 is 9.84 Å². The number of rotatable bonds is 3. The summed E-state index contributed by atoms with van der Waals surface area (Å²) in [5.41, 5.74) is 0.796. The second-order valence-corrected chi connectivity index (χ2v) is 2.69. The smallest absolute Gasteiger partial charge is 0.142 e. The molecule has 66 valence electrons. The van der Waals surface area contributed by atoms with Crippen molar-refractivity contribution in [2.45, 2.75) is 33.0 Å². The first-order valence-corrected chi connectivity index (χ1v) is 3.54. The zero-order valence-electron chi connectivity index (χ0n) is 7.39. The molecule has 2 atom stereocenters. The van der Waals surface area contributed by atoms with E-state index in [0.717, 1.165) is 5.57 Å². The van der Waals surface area contributed by atoms with E-state index in [9.17, 15) is 9.50 Å². The molecule has 0 saturated heterocycles. The Morgan fingerprint density at radius 3 is 2.00 bits per heavy atom. The van der Waals surface area contributed by atoms with Gasteiger partial charge in [-0.15, -0.1) is 0 Å². The van der Waals surface area contributed by atoms with Crippen LogP contribution in [-0.2, 0) is 4.74 Å². The topological polar surface area (TPSA) is 29.5 Å². The molecule has 0 bridgehead atoms. The Kier molecular flexibility index (Phi) is 4.11. The second kappa shape index (κ2) is 4.34. The van der Waals surface area contributed by atoms with Crippen molar-refractivity contribution >= 4 is 0 Å². The molecule has 0 aromatic carbocycles. The standard InChI is InChI=1S/C8H15FO2/c1-5(2)8(11-4)7(10)6(3)9/h6-7,10H,1-4H3. The summed E-state index contributed by atoms with van der Waals surface area (Å²) in [7, 11) is 1.42. The van der Waals surface area contributed by atoms with Gasteiger partial charge in [0.05, 0.1) is 7.11 Å². The summed E-state index contributed by atoms with van der Waals surface area (Å²) in [6.45, 7) is 4.83. The van der Waals surface area contributed by atoms with Crippen molar-refractivity contribution in [2.75, 3.05) is 7.11 Å². The number of hydrogen-bond acceptors (Lipinski definition) is 2. The molecule has 0 fully saturated rings. The maximum Gasteiger partial charge on any atom is 0.142 e. The van der Waals surface area contributed by atoms with E-state index in [4.69, 9.17) is 4.74 Å². The van der Waals surface area contributed by atoms with Gasteiger partial charge in [-0.1, -0.05) is 0 Å². The summed E-state index contributed by atoms with van der Waals surface area (Å²) in [5, 5.41) is 9.20. The van der Waals surface area contributed by atoms with Crippen LogP contribution in [-0.4, -0.2) is 24.5 Å². The van der Waals surface area contributed by atoms with Crippen molar-refractivity contribution in [1.29, 1.82) is 0 Å². The predicted octanol–water partition coefficient (Wildman–Crippen LogP) is 1.65. The third kappa shape index (κ3) is 2.89. The van der Waals surface area contributed by atoms with Crippen molar-refractivity contribution in [1.82, 2.24) is 0 Å². The van der Waals surface area contributed by atoms with Gasteiger partial charge in [0.1, 0.15) is 18.0 Å². The van der Waals surface area contributed by atoms with Crippen molar-refractivity contribution in [3.63, 3.8) is 0 Å². The molecule has 0 heterocycles. The Bertz CT molecular complexity index is 148. The molecular formula is C8H15FO2. The molecule has 0 amide bonds. The first-order chi connectivity index (χ1) is 5.00. The fourth-order valence-corrected chi connectivity index (χ4v) is 0.829. The molecule has 0 radical (unpaired) electrons. The number of aliphatic hydroxyl groups excluding tert-OH is 1. The number of hydrogen-bond donors (Lipinski definition) is 1. The summed E-state index contributed by atoms with van der Waals surface area (Å²) >= 11 is 0. The Morgan fingerprint density at radius 1 is 1.45 bits per heavy atom. The van der Waals surface area contributed by atoms with Crippen LogP contribution in [0.25, 0.3) is 0 Å². The minimum Gasteiger partial charge on any atom is -0.498 e. The lowest BCUT2D eigenvalue weighted by atomic mass is 10.1. The summed E-state index contributed by atoms with van der Waals surface area (Å²) in [6, 6.07) is 0. The van der Waals surface area contributed by atoms with Crippen LogP contribution in [0.15, 0.2) is 11.3 Å². The maximum absolute atomic E-state index is 12.5. The Hall–Kier alpha value is -0.570. The van der Waals surface area contributed by atoms with Gasteiger partial charge in [0.25, 0.3) is 0 Å². The van der Waals surface area contributed by atoms with Crippen LogP contribution in [0.3, 0.4) is 0 Å². The van der Waals surface area contributed by atoms with Crippen LogP contribution in [0.5, 0.6) is 0 Å². The number of ether oxygens (including phenoxy) is 1. The first-order valence-electron chi connectivity index (χ1n) is 3.54. The predicted molar refractivity (Wildman–Crippen MR) is 42.0 cm³/mol. The van der Waals surface area contributed by atoms with E-state index in [1.165, 1.54) is 14.0 Å². The number of aliphatic hydroxyl groups is 1. The van der Waals surface area contributed by atoms with E-state index < -0.39 is 12.3 Å². The summed E-state index contributed by atoms with van der Waals surface area (Å²) in [4.78, 5) is 0. The minimum absolute atomic E-state index is 0.319. The molecule has 2 unspecified atom stereocenters. The lowest BCUT2D eigenvalue weighted by molar-refractivity contribution is 0.0645. The number of alkyl halides is 1. The van der Waals surface area contributed by atoms with Gasteiger partial charge in [0, 0.05) is 0 Å². The molecule has 2 nitrogen and oxygen atoms in total. The maximum atomic E-state index is 12.5. The van der Waals surface area contributed by atoms with Crippen LogP contribution in [0.1, 0.15) is 20.8 Å². The fraction of sp³-hybridized carbons (Fsp3) is 0.750. The highest BCUT2D eigenvalue weighted by molar-refractivity contribution is 5.08. The minimum atomic E-state index is -1.29. The molecule has 0 aromatic rings. The van der Waals surface area contributed by atoms with Gasteiger partial charge in [0.2, 0.25) is 0 Å². The Labute approximate surface area is 66.7 Å². The van der Waals surface area contributed by atoms with Gasteiger partial charge in [-0.25, -0.2) is 4.39 Å². The van der Waals surface area contributed by atoms with Gasteiger partial charge >= 0.3 is 0 Å². The van der Waals surface area contributed by atoms with Crippen molar-refractivity contribution in [2.24, 2.45) is 0 Å². The van der Waals surface area contributed by atoms with Crippen molar-refractivity contribution in [3.05, 3.63) is 11.3 Å². The molecule has 0 rings (SSSR count). The number of methoxy groups -OCH3 is 1. The molecule has 0 saturated carbocycles. The molecule has 3 heteroatoms. The van der Waals surface area contributed by atoms with Gasteiger partial charge in [-0.2, -0.15) is 0 Å². The van der Waals surface area contributed by atoms with E-state index in [-0.39, 0.29) is 0 Å². The third-order valence-electron chi connectivity index (χ3n) is 1.42. The van der Waals surface area contributed by atoms with E-state index in [1.54, 1.807) is 13.8 Å². The van der Waals surface area contributed by atoms with Crippen LogP contribution < -0.4 is 0 Å². The molecule has 0 aliphatic heterocycles. The monoisotopic (exact) mass is 162 g/mol. The van der Waals surface area contributed by atoms with Crippen molar-refractivity contribution in [3.8, 4) is 0 Å². The molecule has 0 aliphatic carbocycles. The Morgan fingerprint density at radius 2 is 1.91 bits per heavy atom. The summed E-state index contributed by atoms with van der Waals surface area (Å²) < 4.78 is 17.4. The average molecular weight is 162 g/mol.